The van der Waals surface area contributed by atoms with Crippen LogP contribution in [0.3, 0.4) is 0 Å². The first-order valence-corrected chi connectivity index (χ1v) is 4.49. The first kappa shape index (κ1) is 9.45. The van der Waals surface area contributed by atoms with E-state index < -0.39 is 0 Å². The fourth-order valence-corrected chi connectivity index (χ4v) is 1.45. The number of aromatic nitrogens is 1. The third kappa shape index (κ3) is 1.61. The van der Waals surface area contributed by atoms with Gasteiger partial charge in [-0.25, -0.2) is 4.98 Å². The molecule has 1 aromatic carbocycles. The third-order valence-electron chi connectivity index (χ3n) is 2.20. The number of hydrogen-bond acceptors (Lipinski definition) is 4. The maximum Gasteiger partial charge on any atom is 0.150 e. The Morgan fingerprint density at radius 1 is 1.27 bits per heavy atom. The molecule has 0 spiro atoms. The number of phenolic OH excluding ortho intramolecular Hbond substituents is 1. The largest absolute Gasteiger partial charge is 0.505 e. The van der Waals surface area contributed by atoms with Gasteiger partial charge in [0.2, 0.25) is 0 Å². The quantitative estimate of drug-likeness (QED) is 0.422. The van der Waals surface area contributed by atoms with Gasteiger partial charge in [-0.1, -0.05) is 17.3 Å². The average Bonchev–Trinajstić information content (AvgIpc) is 2.23. The van der Waals surface area contributed by atoms with E-state index in [1.807, 2.05) is 25.1 Å². The summed E-state index contributed by atoms with van der Waals surface area (Å²) in [6.45, 7) is 1.85. The van der Waals surface area contributed by atoms with Crippen LogP contribution in [0.2, 0.25) is 0 Å². The molecule has 0 atom stereocenters. The Balaban J connectivity index is 2.76. The van der Waals surface area contributed by atoms with Crippen LogP contribution >= 0.6 is 0 Å². The van der Waals surface area contributed by atoms with Crippen molar-refractivity contribution in [3.05, 3.63) is 35.5 Å². The van der Waals surface area contributed by atoms with Crippen LogP contribution in [-0.2, 0) is 0 Å². The highest BCUT2D eigenvalue weighted by molar-refractivity contribution is 5.94. The third-order valence-corrected chi connectivity index (χ3v) is 2.20. The number of oxime groups is 1. The van der Waals surface area contributed by atoms with E-state index in [0.717, 1.165) is 11.1 Å². The monoisotopic (exact) mass is 202 g/mol. The van der Waals surface area contributed by atoms with Crippen molar-refractivity contribution in [2.75, 3.05) is 0 Å². The van der Waals surface area contributed by atoms with Gasteiger partial charge in [0.05, 0.1) is 6.21 Å². The molecular formula is C11H10N2O2. The van der Waals surface area contributed by atoms with E-state index in [4.69, 9.17) is 5.21 Å². The lowest BCUT2D eigenvalue weighted by Crippen LogP contribution is -1.88. The van der Waals surface area contributed by atoms with Crippen LogP contribution in [0.1, 0.15) is 11.3 Å². The number of hydrogen-bond donors (Lipinski definition) is 2. The van der Waals surface area contributed by atoms with Crippen LogP contribution in [-0.4, -0.2) is 21.5 Å². The molecule has 0 unspecified atom stereocenters. The highest BCUT2D eigenvalue weighted by Gasteiger charge is 2.06. The molecule has 1 heterocycles. The van der Waals surface area contributed by atoms with Gasteiger partial charge in [0.1, 0.15) is 5.52 Å². The lowest BCUT2D eigenvalue weighted by atomic mass is 10.1. The van der Waals surface area contributed by atoms with Crippen molar-refractivity contribution < 1.29 is 10.3 Å². The van der Waals surface area contributed by atoms with Crippen molar-refractivity contribution in [3.8, 4) is 5.75 Å². The fourth-order valence-electron chi connectivity index (χ4n) is 1.45. The number of aromatic hydroxyl groups is 1. The van der Waals surface area contributed by atoms with Gasteiger partial charge in [0.15, 0.2) is 5.75 Å². The molecule has 0 aliphatic heterocycles. The molecule has 0 amide bonds. The van der Waals surface area contributed by atoms with E-state index in [1.54, 1.807) is 6.07 Å². The Bertz CT molecular complexity index is 535. The molecule has 2 aromatic rings. The van der Waals surface area contributed by atoms with Crippen molar-refractivity contribution in [1.82, 2.24) is 4.98 Å². The molecule has 2 rings (SSSR count). The first-order chi connectivity index (χ1) is 7.22. The summed E-state index contributed by atoms with van der Waals surface area (Å²) in [6.07, 6.45) is 1.18. The standard InChI is InChI=1S/C11H10N2O2/c1-7-2-3-8-4-5-9(6-12-15)11(14)10(8)13-7/h2-6,14-15H,1H3. The van der Waals surface area contributed by atoms with Gasteiger partial charge in [-0.3, -0.25) is 0 Å². The van der Waals surface area contributed by atoms with E-state index in [1.165, 1.54) is 6.21 Å². The van der Waals surface area contributed by atoms with Crippen LogP contribution in [0.5, 0.6) is 5.75 Å². The molecule has 15 heavy (non-hydrogen) atoms. The van der Waals surface area contributed by atoms with Gasteiger partial charge in [0.25, 0.3) is 0 Å². The highest BCUT2D eigenvalue weighted by atomic mass is 16.4. The zero-order valence-electron chi connectivity index (χ0n) is 8.18. The van der Waals surface area contributed by atoms with Crippen LogP contribution in [0.15, 0.2) is 29.4 Å². The Labute approximate surface area is 86.5 Å². The zero-order valence-corrected chi connectivity index (χ0v) is 8.18. The molecule has 0 radical (unpaired) electrons. The normalized spacial score (nSPS) is 11.3. The Morgan fingerprint density at radius 3 is 2.73 bits per heavy atom. The summed E-state index contributed by atoms with van der Waals surface area (Å²) in [5.41, 5.74) is 1.80. The predicted octanol–water partition coefficient (Wildman–Crippen LogP) is 2.06. The number of phenols is 1. The Morgan fingerprint density at radius 2 is 2.00 bits per heavy atom. The molecule has 2 N–H and O–H groups in total. The van der Waals surface area contributed by atoms with E-state index in [0.29, 0.717) is 11.1 Å². The molecule has 0 fully saturated rings. The minimum atomic E-state index is 0.0361. The number of fused-ring (bicyclic) bond motifs is 1. The summed E-state index contributed by atoms with van der Waals surface area (Å²) in [4.78, 5) is 4.22. The molecule has 4 nitrogen and oxygen atoms in total. The number of pyridine rings is 1. The van der Waals surface area contributed by atoms with Crippen molar-refractivity contribution in [2.45, 2.75) is 6.92 Å². The fraction of sp³-hybridized carbons (Fsp3) is 0.0909. The summed E-state index contributed by atoms with van der Waals surface area (Å²) in [5.74, 6) is 0.0361. The summed E-state index contributed by atoms with van der Waals surface area (Å²) in [5, 5.41) is 22.0. The Hall–Kier alpha value is -2.10. The van der Waals surface area contributed by atoms with Gasteiger partial charge < -0.3 is 10.3 Å². The molecular weight excluding hydrogens is 192 g/mol. The first-order valence-electron chi connectivity index (χ1n) is 4.49. The smallest absolute Gasteiger partial charge is 0.150 e. The molecule has 1 aromatic heterocycles. The zero-order chi connectivity index (χ0) is 10.8. The molecule has 0 saturated heterocycles. The van der Waals surface area contributed by atoms with Crippen LogP contribution in [0.4, 0.5) is 0 Å². The van der Waals surface area contributed by atoms with Crippen molar-refractivity contribution >= 4 is 17.1 Å². The van der Waals surface area contributed by atoms with Gasteiger partial charge in [-0.2, -0.15) is 0 Å². The summed E-state index contributed by atoms with van der Waals surface area (Å²) in [6, 6.07) is 7.26. The number of benzene rings is 1. The summed E-state index contributed by atoms with van der Waals surface area (Å²) in [7, 11) is 0. The van der Waals surface area contributed by atoms with Crippen LogP contribution in [0.25, 0.3) is 10.9 Å². The molecule has 0 aliphatic rings. The Kier molecular flexibility index (Phi) is 2.25. The number of rotatable bonds is 1. The van der Waals surface area contributed by atoms with Crippen molar-refractivity contribution in [3.63, 3.8) is 0 Å². The maximum atomic E-state index is 9.84. The topological polar surface area (TPSA) is 65.7 Å². The summed E-state index contributed by atoms with van der Waals surface area (Å²) >= 11 is 0. The second kappa shape index (κ2) is 3.57. The van der Waals surface area contributed by atoms with Crippen LogP contribution < -0.4 is 0 Å². The number of aryl methyl sites for hydroxylation is 1. The lowest BCUT2D eigenvalue weighted by Gasteiger charge is -2.03. The molecule has 0 aliphatic carbocycles. The number of nitrogens with zero attached hydrogens (tertiary/aromatic N) is 2. The second-order valence-corrected chi connectivity index (χ2v) is 3.27. The van der Waals surface area contributed by atoms with Crippen molar-refractivity contribution in [1.29, 1.82) is 0 Å². The molecule has 0 saturated carbocycles. The average molecular weight is 202 g/mol. The lowest BCUT2D eigenvalue weighted by molar-refractivity contribution is 0.321. The second-order valence-electron chi connectivity index (χ2n) is 3.27. The highest BCUT2D eigenvalue weighted by Crippen LogP contribution is 2.26. The van der Waals surface area contributed by atoms with Gasteiger partial charge in [-0.05, 0) is 19.1 Å². The van der Waals surface area contributed by atoms with E-state index in [2.05, 4.69) is 10.1 Å². The van der Waals surface area contributed by atoms with E-state index >= 15 is 0 Å². The molecule has 4 heteroatoms. The van der Waals surface area contributed by atoms with Gasteiger partial charge >= 0.3 is 0 Å². The molecule has 76 valence electrons. The minimum Gasteiger partial charge on any atom is -0.505 e. The van der Waals surface area contributed by atoms with E-state index in [9.17, 15) is 5.11 Å². The van der Waals surface area contributed by atoms with Crippen molar-refractivity contribution in [2.24, 2.45) is 5.16 Å². The maximum absolute atomic E-state index is 9.84. The molecule has 0 bridgehead atoms. The minimum absolute atomic E-state index is 0.0361. The van der Waals surface area contributed by atoms with E-state index in [-0.39, 0.29) is 5.75 Å². The van der Waals surface area contributed by atoms with Gasteiger partial charge in [-0.15, -0.1) is 0 Å². The van der Waals surface area contributed by atoms with Crippen LogP contribution in [0, 0.1) is 6.92 Å². The predicted molar refractivity (Wildman–Crippen MR) is 57.5 cm³/mol. The van der Waals surface area contributed by atoms with Gasteiger partial charge in [0, 0.05) is 16.6 Å². The summed E-state index contributed by atoms with van der Waals surface area (Å²) < 4.78 is 0. The SMILES string of the molecule is Cc1ccc2ccc(C=NO)c(O)c2n1.